The minimum absolute atomic E-state index is 0.0485. The molecule has 0 radical (unpaired) electrons. The Kier molecular flexibility index (Phi) is 2.28. The summed E-state index contributed by atoms with van der Waals surface area (Å²) in [6.45, 7) is 6.46. The first kappa shape index (κ1) is 10.2. The molecule has 1 fully saturated rings. The molecule has 2 rings (SSSR count). The van der Waals surface area contributed by atoms with Crippen LogP contribution < -0.4 is 0 Å². The number of hydrogen-bond donors (Lipinski definition) is 0. The lowest BCUT2D eigenvalue weighted by Gasteiger charge is -2.21. The number of hydrogen-bond acceptors (Lipinski definition) is 2. The summed E-state index contributed by atoms with van der Waals surface area (Å²) in [5.41, 5.74) is 1.32. The van der Waals surface area contributed by atoms with Crippen molar-refractivity contribution in [2.24, 2.45) is 0 Å². The average molecular weight is 200 g/mol. The van der Waals surface area contributed by atoms with Crippen molar-refractivity contribution in [2.45, 2.75) is 38.4 Å². The standard InChI is InChI=1S/C13H16N2/c1-13(2,3)15-11(9-14)12(15)10-7-5-4-6-8-10/h4-8,11-12H,1-3H3/t11-,12+,15?/m1/s1. The van der Waals surface area contributed by atoms with E-state index in [1.807, 2.05) is 18.2 Å². The van der Waals surface area contributed by atoms with Crippen LogP contribution in [0.2, 0.25) is 0 Å². The summed E-state index contributed by atoms with van der Waals surface area (Å²) in [6, 6.07) is 13.0. The van der Waals surface area contributed by atoms with Crippen LogP contribution >= 0.6 is 0 Å². The van der Waals surface area contributed by atoms with E-state index in [-0.39, 0.29) is 17.6 Å². The summed E-state index contributed by atoms with van der Waals surface area (Å²) in [7, 11) is 0. The molecule has 1 aliphatic heterocycles. The van der Waals surface area contributed by atoms with Crippen LogP contribution in [0, 0.1) is 11.3 Å². The van der Waals surface area contributed by atoms with E-state index in [0.717, 1.165) is 0 Å². The van der Waals surface area contributed by atoms with Gasteiger partial charge < -0.3 is 0 Å². The number of nitriles is 1. The maximum absolute atomic E-state index is 9.08. The zero-order valence-electron chi connectivity index (χ0n) is 9.44. The van der Waals surface area contributed by atoms with Crippen LogP contribution in [0.4, 0.5) is 0 Å². The summed E-state index contributed by atoms with van der Waals surface area (Å²) < 4.78 is 0. The molecule has 3 atom stereocenters. The fourth-order valence-electron chi connectivity index (χ4n) is 2.19. The van der Waals surface area contributed by atoms with Crippen molar-refractivity contribution in [3.63, 3.8) is 0 Å². The summed E-state index contributed by atoms with van der Waals surface area (Å²) in [6.07, 6.45) is 0. The van der Waals surface area contributed by atoms with Gasteiger partial charge in [0.1, 0.15) is 6.04 Å². The molecule has 0 aliphatic carbocycles. The largest absolute Gasteiger partial charge is 0.272 e. The highest BCUT2D eigenvalue weighted by atomic mass is 15.4. The topological polar surface area (TPSA) is 26.8 Å². The van der Waals surface area contributed by atoms with E-state index >= 15 is 0 Å². The minimum atomic E-state index is 0.0485. The molecule has 0 aromatic heterocycles. The zero-order chi connectivity index (χ0) is 11.1. The maximum atomic E-state index is 9.08. The van der Waals surface area contributed by atoms with Gasteiger partial charge in [0.15, 0.2) is 0 Å². The van der Waals surface area contributed by atoms with Gasteiger partial charge in [0, 0.05) is 5.54 Å². The van der Waals surface area contributed by atoms with Gasteiger partial charge in [-0.2, -0.15) is 5.26 Å². The first-order valence-electron chi connectivity index (χ1n) is 5.28. The molecule has 1 unspecified atom stereocenters. The van der Waals surface area contributed by atoms with Crippen LogP contribution in [-0.2, 0) is 0 Å². The van der Waals surface area contributed by atoms with Crippen LogP contribution in [0.3, 0.4) is 0 Å². The molecule has 1 aromatic carbocycles. The highest BCUT2D eigenvalue weighted by molar-refractivity contribution is 5.32. The molecular weight excluding hydrogens is 184 g/mol. The second-order valence-electron chi connectivity index (χ2n) is 5.01. The minimum Gasteiger partial charge on any atom is -0.272 e. The highest BCUT2D eigenvalue weighted by Crippen LogP contribution is 2.47. The van der Waals surface area contributed by atoms with Crippen LogP contribution in [0.15, 0.2) is 30.3 Å². The summed E-state index contributed by atoms with van der Waals surface area (Å²) >= 11 is 0. The third kappa shape index (κ3) is 1.75. The fraction of sp³-hybridized carbons (Fsp3) is 0.462. The smallest absolute Gasteiger partial charge is 0.119 e. The van der Waals surface area contributed by atoms with E-state index in [2.05, 4.69) is 43.9 Å². The van der Waals surface area contributed by atoms with E-state index in [1.165, 1.54) is 5.56 Å². The van der Waals surface area contributed by atoms with E-state index in [0.29, 0.717) is 0 Å². The molecule has 15 heavy (non-hydrogen) atoms. The van der Waals surface area contributed by atoms with Gasteiger partial charge in [-0.15, -0.1) is 0 Å². The molecule has 1 aliphatic rings. The van der Waals surface area contributed by atoms with Crippen molar-refractivity contribution in [3.05, 3.63) is 35.9 Å². The van der Waals surface area contributed by atoms with Crippen molar-refractivity contribution in [1.29, 1.82) is 5.26 Å². The van der Waals surface area contributed by atoms with Crippen LogP contribution in [0.5, 0.6) is 0 Å². The molecule has 0 bridgehead atoms. The zero-order valence-corrected chi connectivity index (χ0v) is 9.44. The first-order valence-corrected chi connectivity index (χ1v) is 5.28. The first-order chi connectivity index (χ1) is 7.05. The Morgan fingerprint density at radius 1 is 1.20 bits per heavy atom. The molecule has 2 nitrogen and oxygen atoms in total. The maximum Gasteiger partial charge on any atom is 0.119 e. The van der Waals surface area contributed by atoms with E-state index in [9.17, 15) is 0 Å². The molecule has 1 saturated heterocycles. The van der Waals surface area contributed by atoms with E-state index in [1.54, 1.807) is 0 Å². The van der Waals surface area contributed by atoms with Crippen LogP contribution in [0.1, 0.15) is 32.4 Å². The molecule has 0 spiro atoms. The number of nitrogens with zero attached hydrogens (tertiary/aromatic N) is 2. The van der Waals surface area contributed by atoms with Crippen molar-refractivity contribution < 1.29 is 0 Å². The van der Waals surface area contributed by atoms with Gasteiger partial charge in [-0.25, -0.2) is 0 Å². The molecule has 0 saturated carbocycles. The van der Waals surface area contributed by atoms with Crippen molar-refractivity contribution in [3.8, 4) is 6.07 Å². The molecule has 2 heteroatoms. The Bertz CT molecular complexity index is 383. The van der Waals surface area contributed by atoms with E-state index < -0.39 is 0 Å². The van der Waals surface area contributed by atoms with Crippen molar-refractivity contribution >= 4 is 0 Å². The van der Waals surface area contributed by atoms with Gasteiger partial charge in [0.05, 0.1) is 12.1 Å². The number of benzene rings is 1. The molecule has 1 aromatic rings. The average Bonchev–Trinajstić information content (AvgIpc) is 2.92. The molecule has 0 amide bonds. The van der Waals surface area contributed by atoms with Gasteiger partial charge in [-0.3, -0.25) is 4.90 Å². The lowest BCUT2D eigenvalue weighted by molar-refractivity contribution is 0.278. The van der Waals surface area contributed by atoms with Gasteiger partial charge in [0.25, 0.3) is 0 Å². The van der Waals surface area contributed by atoms with Crippen LogP contribution in [0.25, 0.3) is 0 Å². The Balaban J connectivity index is 2.24. The molecule has 0 N–H and O–H groups in total. The Morgan fingerprint density at radius 3 is 2.20 bits per heavy atom. The third-order valence-corrected chi connectivity index (χ3v) is 2.86. The Morgan fingerprint density at radius 2 is 1.80 bits per heavy atom. The van der Waals surface area contributed by atoms with Crippen LogP contribution in [-0.4, -0.2) is 16.5 Å². The number of rotatable bonds is 1. The van der Waals surface area contributed by atoms with E-state index in [4.69, 9.17) is 5.26 Å². The second kappa shape index (κ2) is 3.36. The fourth-order valence-corrected chi connectivity index (χ4v) is 2.19. The predicted molar refractivity (Wildman–Crippen MR) is 60.2 cm³/mol. The second-order valence-corrected chi connectivity index (χ2v) is 5.01. The molecular formula is C13H16N2. The third-order valence-electron chi connectivity index (χ3n) is 2.86. The highest BCUT2D eigenvalue weighted by Gasteiger charge is 2.54. The van der Waals surface area contributed by atoms with Gasteiger partial charge in [-0.1, -0.05) is 30.3 Å². The Hall–Kier alpha value is -1.33. The van der Waals surface area contributed by atoms with Gasteiger partial charge >= 0.3 is 0 Å². The molecule has 78 valence electrons. The predicted octanol–water partition coefficient (Wildman–Crippen LogP) is 2.73. The summed E-state index contributed by atoms with van der Waals surface area (Å²) in [5.74, 6) is 0. The lowest BCUT2D eigenvalue weighted by Crippen LogP contribution is -2.27. The molecule has 1 heterocycles. The van der Waals surface area contributed by atoms with Gasteiger partial charge in [0.2, 0.25) is 0 Å². The quantitative estimate of drug-likeness (QED) is 0.652. The normalized spacial score (nSPS) is 29.6. The Labute approximate surface area is 91.1 Å². The summed E-state index contributed by atoms with van der Waals surface area (Å²) in [4.78, 5) is 2.25. The van der Waals surface area contributed by atoms with Crippen molar-refractivity contribution in [1.82, 2.24) is 4.90 Å². The summed E-state index contributed by atoms with van der Waals surface area (Å²) in [5, 5.41) is 9.08. The lowest BCUT2D eigenvalue weighted by atomic mass is 10.1. The van der Waals surface area contributed by atoms with Crippen molar-refractivity contribution in [2.75, 3.05) is 0 Å². The van der Waals surface area contributed by atoms with Gasteiger partial charge in [-0.05, 0) is 26.3 Å². The monoisotopic (exact) mass is 200 g/mol. The SMILES string of the molecule is CC(C)(C)N1[C@H](C#N)[C@@H]1c1ccccc1.